The second kappa shape index (κ2) is 4.95. The zero-order valence-electron chi connectivity index (χ0n) is 9.11. The minimum Gasteiger partial charge on any atom is -0.301 e. The fourth-order valence-corrected chi connectivity index (χ4v) is 1.93. The molecule has 0 spiro atoms. The van der Waals surface area contributed by atoms with E-state index >= 15 is 0 Å². The first-order chi connectivity index (χ1) is 7.88. The average molecular weight is 396 g/mol. The van der Waals surface area contributed by atoms with Crippen LogP contribution in [0.3, 0.4) is 0 Å². The van der Waals surface area contributed by atoms with Crippen molar-refractivity contribution in [2.75, 3.05) is 0 Å². The largest absolute Gasteiger partial charge is 0.301 e. The zero-order valence-corrected chi connectivity index (χ0v) is 11.5. The maximum atomic E-state index is 5.61. The number of nitrogens with zero attached hydrogens (tertiary/aromatic N) is 1. The number of hydrogen-bond acceptors (Lipinski definition) is 1. The summed E-state index contributed by atoms with van der Waals surface area (Å²) in [6.07, 6.45) is 0.471. The van der Waals surface area contributed by atoms with Crippen LogP contribution in [0.5, 0.6) is 0 Å². The minimum atomic E-state index is 0. The van der Waals surface area contributed by atoms with Gasteiger partial charge in [-0.05, 0) is 30.3 Å². The van der Waals surface area contributed by atoms with Crippen molar-refractivity contribution in [3.63, 3.8) is 0 Å². The molecule has 0 aliphatic carbocycles. The summed E-state index contributed by atoms with van der Waals surface area (Å²) in [7, 11) is 0. The topological polar surface area (TPSA) is 12.9 Å². The van der Waals surface area contributed by atoms with Crippen LogP contribution >= 0.6 is 0 Å². The van der Waals surface area contributed by atoms with Crippen molar-refractivity contribution in [3.8, 4) is 0 Å². The molecule has 2 aromatic carbocycles. The zero-order chi connectivity index (χ0) is 11.0. The van der Waals surface area contributed by atoms with Crippen LogP contribution in [0.25, 0.3) is 21.7 Å². The Labute approximate surface area is 114 Å². The van der Waals surface area contributed by atoms with Gasteiger partial charge in [0.05, 0.1) is 0 Å². The summed E-state index contributed by atoms with van der Waals surface area (Å²) in [4.78, 5) is 4.57. The Morgan fingerprint density at radius 1 is 1.06 bits per heavy atom. The van der Waals surface area contributed by atoms with Crippen LogP contribution in [0.2, 0.25) is 0 Å². The number of rotatable bonds is 1. The van der Waals surface area contributed by atoms with Gasteiger partial charge in [-0.1, -0.05) is 18.2 Å². The summed E-state index contributed by atoms with van der Waals surface area (Å²) >= 11 is 0. The SMILES string of the molecule is [CH]Cc1ccc2ccc3ccc[c-]c3c2n1.[Ir]. The Kier molecular flexibility index (Phi) is 3.56. The number of benzene rings is 2. The van der Waals surface area contributed by atoms with Crippen molar-refractivity contribution in [2.45, 2.75) is 6.42 Å². The summed E-state index contributed by atoms with van der Waals surface area (Å²) in [5.74, 6) is 0. The Morgan fingerprint density at radius 2 is 1.82 bits per heavy atom. The minimum absolute atomic E-state index is 0. The molecule has 0 bridgehead atoms. The van der Waals surface area contributed by atoms with E-state index in [-0.39, 0.29) is 20.1 Å². The first-order valence-electron chi connectivity index (χ1n) is 5.27. The van der Waals surface area contributed by atoms with Gasteiger partial charge in [0.25, 0.3) is 0 Å². The molecular weight excluding hydrogens is 386 g/mol. The van der Waals surface area contributed by atoms with E-state index in [1.165, 1.54) is 0 Å². The molecule has 0 aliphatic heterocycles. The Balaban J connectivity index is 0.00000108. The van der Waals surface area contributed by atoms with E-state index in [1.54, 1.807) is 0 Å². The van der Waals surface area contributed by atoms with Crippen LogP contribution in [-0.2, 0) is 26.5 Å². The van der Waals surface area contributed by atoms with Gasteiger partial charge in [-0.2, -0.15) is 0 Å². The molecule has 0 saturated carbocycles. The molecule has 0 unspecified atom stereocenters. The third-order valence-electron chi connectivity index (χ3n) is 2.76. The maximum Gasteiger partial charge on any atom is 0.0300 e. The summed E-state index contributed by atoms with van der Waals surface area (Å²) in [5, 5.41) is 3.36. The van der Waals surface area contributed by atoms with Crippen LogP contribution in [0, 0.1) is 13.0 Å². The van der Waals surface area contributed by atoms with Gasteiger partial charge >= 0.3 is 0 Å². The number of hydrogen-bond donors (Lipinski definition) is 0. The molecule has 0 saturated heterocycles. The monoisotopic (exact) mass is 397 g/mol. The molecule has 3 rings (SSSR count). The summed E-state index contributed by atoms with van der Waals surface area (Å²) in [6.45, 7) is 5.61. The molecule has 1 nitrogen and oxygen atoms in total. The Bertz CT molecular complexity index is 661. The van der Waals surface area contributed by atoms with Gasteiger partial charge in [0, 0.05) is 25.8 Å². The second-order valence-corrected chi connectivity index (χ2v) is 3.78. The van der Waals surface area contributed by atoms with Crippen molar-refractivity contribution < 1.29 is 20.1 Å². The van der Waals surface area contributed by atoms with E-state index in [1.807, 2.05) is 18.2 Å². The molecule has 0 N–H and O–H groups in total. The molecule has 0 aliphatic rings. The van der Waals surface area contributed by atoms with Crippen molar-refractivity contribution in [1.29, 1.82) is 0 Å². The maximum absolute atomic E-state index is 5.61. The van der Waals surface area contributed by atoms with Crippen molar-refractivity contribution in [1.82, 2.24) is 4.98 Å². The predicted octanol–water partition coefficient (Wildman–Crippen LogP) is 3.44. The van der Waals surface area contributed by atoms with E-state index in [0.29, 0.717) is 6.42 Å². The number of fused-ring (bicyclic) bond motifs is 3. The molecule has 0 fully saturated rings. The average Bonchev–Trinajstić information content (AvgIpc) is 2.38. The van der Waals surface area contributed by atoms with Crippen LogP contribution in [0.1, 0.15) is 5.69 Å². The normalized spacial score (nSPS) is 10.4. The standard InChI is InChI=1S/C15H10N.Ir/c1-2-13-10-9-12-8-7-11-5-3-4-6-14(11)15(12)16-13;/h1,3-5,7-10H,2H2;/q-1;. The van der Waals surface area contributed by atoms with Crippen LogP contribution in [0.15, 0.2) is 42.5 Å². The van der Waals surface area contributed by atoms with Gasteiger partial charge in [0.2, 0.25) is 0 Å². The fraction of sp³-hybridized carbons (Fsp3) is 0.0667. The van der Waals surface area contributed by atoms with Crippen molar-refractivity contribution in [2.24, 2.45) is 0 Å². The molecular formula is C15H10IrN-. The molecule has 85 valence electrons. The van der Waals surface area contributed by atoms with Crippen LogP contribution < -0.4 is 0 Å². The number of aromatic nitrogens is 1. The quantitative estimate of drug-likeness (QED) is 0.454. The Hall–Kier alpha value is -1.24. The van der Waals surface area contributed by atoms with E-state index in [0.717, 1.165) is 27.4 Å². The van der Waals surface area contributed by atoms with Gasteiger partial charge in [0.15, 0.2) is 0 Å². The molecule has 0 atom stereocenters. The van der Waals surface area contributed by atoms with E-state index in [4.69, 9.17) is 6.92 Å². The molecule has 1 heterocycles. The van der Waals surface area contributed by atoms with Crippen LogP contribution in [0.4, 0.5) is 0 Å². The smallest absolute Gasteiger partial charge is 0.0300 e. The first-order valence-corrected chi connectivity index (χ1v) is 5.27. The van der Waals surface area contributed by atoms with Crippen molar-refractivity contribution in [3.05, 3.63) is 61.1 Å². The molecule has 2 heteroatoms. The fourth-order valence-electron chi connectivity index (χ4n) is 1.93. The van der Waals surface area contributed by atoms with Crippen molar-refractivity contribution >= 4 is 21.7 Å². The molecule has 3 radical (unpaired) electrons. The van der Waals surface area contributed by atoms with Gasteiger partial charge < -0.3 is 4.98 Å². The predicted molar refractivity (Wildman–Crippen MR) is 66.1 cm³/mol. The molecule has 1 aromatic heterocycles. The summed E-state index contributed by atoms with van der Waals surface area (Å²) < 4.78 is 0. The van der Waals surface area contributed by atoms with Gasteiger partial charge in [-0.3, -0.25) is 0 Å². The summed E-state index contributed by atoms with van der Waals surface area (Å²) in [5.41, 5.74) is 1.90. The first kappa shape index (κ1) is 12.2. The third-order valence-corrected chi connectivity index (χ3v) is 2.76. The molecule has 0 amide bonds. The van der Waals surface area contributed by atoms with Crippen LogP contribution in [-0.4, -0.2) is 4.98 Å². The summed E-state index contributed by atoms with van der Waals surface area (Å²) in [6, 6.07) is 17.4. The molecule has 3 aromatic rings. The van der Waals surface area contributed by atoms with Gasteiger partial charge in [-0.25, -0.2) is 0 Å². The molecule has 17 heavy (non-hydrogen) atoms. The Morgan fingerprint density at radius 3 is 2.65 bits per heavy atom. The number of pyridine rings is 1. The third kappa shape index (κ3) is 2.11. The van der Waals surface area contributed by atoms with E-state index < -0.39 is 0 Å². The second-order valence-electron chi connectivity index (χ2n) is 3.78. The van der Waals surface area contributed by atoms with E-state index in [9.17, 15) is 0 Å². The van der Waals surface area contributed by atoms with Gasteiger partial charge in [0.1, 0.15) is 0 Å². The van der Waals surface area contributed by atoms with E-state index in [2.05, 4.69) is 35.3 Å². The van der Waals surface area contributed by atoms with Gasteiger partial charge in [-0.15, -0.1) is 35.0 Å².